The molecular formula is C15H14N2O6S2. The van der Waals surface area contributed by atoms with Crippen LogP contribution >= 0.6 is 11.3 Å². The highest BCUT2D eigenvalue weighted by Crippen LogP contribution is 2.22. The van der Waals surface area contributed by atoms with Gasteiger partial charge in [-0.2, -0.15) is 0 Å². The Morgan fingerprint density at radius 1 is 1.16 bits per heavy atom. The number of ether oxygens (including phenoxy) is 1. The van der Waals surface area contributed by atoms with Crippen LogP contribution < -0.4 is 11.1 Å². The normalized spacial score (nSPS) is 10.9. The van der Waals surface area contributed by atoms with Crippen LogP contribution in [0.5, 0.6) is 0 Å². The van der Waals surface area contributed by atoms with Crippen molar-refractivity contribution in [2.75, 3.05) is 18.2 Å². The van der Waals surface area contributed by atoms with E-state index >= 15 is 0 Å². The number of amides is 2. The van der Waals surface area contributed by atoms with Crippen molar-refractivity contribution in [2.45, 2.75) is 4.90 Å². The first-order valence-corrected chi connectivity index (χ1v) is 9.60. The Bertz CT molecular complexity index is 916. The molecule has 0 aliphatic carbocycles. The third-order valence-corrected chi connectivity index (χ3v) is 4.99. The number of carbonyl (C=O) groups is 3. The summed E-state index contributed by atoms with van der Waals surface area (Å²) in [6.45, 7) is -0.567. The van der Waals surface area contributed by atoms with Crippen LogP contribution in [0.25, 0.3) is 0 Å². The number of thiophene rings is 1. The zero-order valence-corrected chi connectivity index (χ0v) is 14.6. The molecule has 10 heteroatoms. The zero-order chi connectivity index (χ0) is 18.6. The Morgan fingerprint density at radius 2 is 1.80 bits per heavy atom. The van der Waals surface area contributed by atoms with E-state index in [2.05, 4.69) is 5.32 Å². The number of carbonyl (C=O) groups excluding carboxylic acids is 3. The van der Waals surface area contributed by atoms with E-state index in [1.165, 1.54) is 30.3 Å². The van der Waals surface area contributed by atoms with Crippen LogP contribution in [0, 0.1) is 0 Å². The van der Waals surface area contributed by atoms with E-state index in [1.807, 2.05) is 0 Å². The van der Waals surface area contributed by atoms with Gasteiger partial charge in [-0.15, -0.1) is 11.3 Å². The maximum absolute atomic E-state index is 11.9. The standard InChI is InChI=1S/C15H14N2O6S2/c1-25(21,22)10-4-2-9(3-5-10)15(20)23-8-12(18)17-14-11(13(16)19)6-7-24-14/h2-7H,8H2,1H3,(H2,16,19)(H,17,18). The summed E-state index contributed by atoms with van der Waals surface area (Å²) in [6.07, 6.45) is 1.05. The van der Waals surface area contributed by atoms with Crippen molar-refractivity contribution in [1.29, 1.82) is 0 Å². The summed E-state index contributed by atoms with van der Waals surface area (Å²) in [7, 11) is -3.36. The molecule has 0 fully saturated rings. The fourth-order valence-corrected chi connectivity index (χ4v) is 3.25. The number of nitrogens with two attached hydrogens (primary N) is 1. The summed E-state index contributed by atoms with van der Waals surface area (Å²) >= 11 is 1.11. The van der Waals surface area contributed by atoms with Gasteiger partial charge in [-0.05, 0) is 35.7 Å². The van der Waals surface area contributed by atoms with Crippen LogP contribution in [0.1, 0.15) is 20.7 Å². The predicted octanol–water partition coefficient (Wildman–Crippen LogP) is 1.05. The van der Waals surface area contributed by atoms with Crippen LogP contribution in [-0.2, 0) is 19.4 Å². The van der Waals surface area contributed by atoms with Crippen molar-refractivity contribution >= 4 is 44.0 Å². The number of esters is 1. The van der Waals surface area contributed by atoms with E-state index in [0.717, 1.165) is 17.6 Å². The molecule has 0 bridgehead atoms. The van der Waals surface area contributed by atoms with Gasteiger partial charge in [0.25, 0.3) is 11.8 Å². The van der Waals surface area contributed by atoms with Crippen molar-refractivity contribution in [1.82, 2.24) is 0 Å². The molecule has 0 spiro atoms. The van der Waals surface area contributed by atoms with Gasteiger partial charge in [0.15, 0.2) is 16.4 Å². The molecule has 25 heavy (non-hydrogen) atoms. The maximum atomic E-state index is 11.9. The molecule has 0 aliphatic rings. The molecule has 2 amide bonds. The van der Waals surface area contributed by atoms with E-state index in [9.17, 15) is 22.8 Å². The second-order valence-electron chi connectivity index (χ2n) is 4.95. The summed E-state index contributed by atoms with van der Waals surface area (Å²) in [4.78, 5) is 34.9. The number of sulfone groups is 1. The number of hydrogen-bond acceptors (Lipinski definition) is 7. The number of rotatable bonds is 6. The number of primary amides is 1. The molecule has 0 unspecified atom stereocenters. The Labute approximate surface area is 147 Å². The Balaban J connectivity index is 1.94. The predicted molar refractivity (Wildman–Crippen MR) is 91.3 cm³/mol. The fraction of sp³-hybridized carbons (Fsp3) is 0.133. The Hall–Kier alpha value is -2.72. The number of benzene rings is 1. The molecule has 0 aliphatic heterocycles. The molecule has 0 atom stereocenters. The second-order valence-corrected chi connectivity index (χ2v) is 7.88. The van der Waals surface area contributed by atoms with Gasteiger partial charge in [-0.25, -0.2) is 13.2 Å². The molecule has 132 valence electrons. The Kier molecular flexibility index (Phi) is 5.55. The lowest BCUT2D eigenvalue weighted by molar-refractivity contribution is -0.119. The molecule has 1 aromatic carbocycles. The molecule has 8 nitrogen and oxygen atoms in total. The van der Waals surface area contributed by atoms with Gasteiger partial charge in [-0.1, -0.05) is 0 Å². The smallest absolute Gasteiger partial charge is 0.338 e. The van der Waals surface area contributed by atoms with Crippen LogP contribution in [0.15, 0.2) is 40.6 Å². The van der Waals surface area contributed by atoms with E-state index < -0.39 is 34.2 Å². The summed E-state index contributed by atoms with van der Waals surface area (Å²) in [5, 5.41) is 4.29. The zero-order valence-electron chi connectivity index (χ0n) is 13.0. The minimum atomic E-state index is -3.36. The van der Waals surface area contributed by atoms with Crippen LogP contribution in [0.4, 0.5) is 5.00 Å². The molecule has 0 saturated heterocycles. The topological polar surface area (TPSA) is 133 Å². The van der Waals surface area contributed by atoms with E-state index in [4.69, 9.17) is 10.5 Å². The van der Waals surface area contributed by atoms with E-state index in [-0.39, 0.29) is 21.0 Å². The molecule has 2 aromatic rings. The minimum Gasteiger partial charge on any atom is -0.452 e. The third kappa shape index (κ3) is 4.88. The maximum Gasteiger partial charge on any atom is 0.338 e. The van der Waals surface area contributed by atoms with Gasteiger partial charge in [0.05, 0.1) is 16.0 Å². The van der Waals surface area contributed by atoms with Gasteiger partial charge < -0.3 is 15.8 Å². The van der Waals surface area contributed by atoms with E-state index in [1.54, 1.807) is 5.38 Å². The lowest BCUT2D eigenvalue weighted by Crippen LogP contribution is -2.22. The van der Waals surface area contributed by atoms with E-state index in [0.29, 0.717) is 0 Å². The quantitative estimate of drug-likeness (QED) is 0.718. The first kappa shape index (κ1) is 18.6. The number of nitrogens with one attached hydrogen (secondary N) is 1. The first-order chi connectivity index (χ1) is 11.7. The highest BCUT2D eigenvalue weighted by atomic mass is 32.2. The van der Waals surface area contributed by atoms with Crippen molar-refractivity contribution < 1.29 is 27.5 Å². The molecule has 2 rings (SSSR count). The van der Waals surface area contributed by atoms with Crippen LogP contribution in [0.2, 0.25) is 0 Å². The van der Waals surface area contributed by atoms with Crippen molar-refractivity contribution in [3.05, 3.63) is 46.8 Å². The number of anilines is 1. The highest BCUT2D eigenvalue weighted by Gasteiger charge is 2.15. The van der Waals surface area contributed by atoms with Gasteiger partial charge in [0.2, 0.25) is 0 Å². The van der Waals surface area contributed by atoms with Gasteiger partial charge in [0, 0.05) is 6.26 Å². The van der Waals surface area contributed by atoms with Crippen molar-refractivity contribution in [2.24, 2.45) is 5.73 Å². The van der Waals surface area contributed by atoms with Crippen LogP contribution in [-0.4, -0.2) is 39.1 Å². The molecule has 0 radical (unpaired) electrons. The first-order valence-electron chi connectivity index (χ1n) is 6.83. The molecule has 3 N–H and O–H groups in total. The van der Waals surface area contributed by atoms with Gasteiger partial charge in [-0.3, -0.25) is 9.59 Å². The highest BCUT2D eigenvalue weighted by molar-refractivity contribution is 7.90. The Morgan fingerprint density at radius 3 is 2.36 bits per heavy atom. The lowest BCUT2D eigenvalue weighted by atomic mass is 10.2. The summed E-state index contributed by atoms with van der Waals surface area (Å²) < 4.78 is 27.6. The summed E-state index contributed by atoms with van der Waals surface area (Å²) in [5.74, 6) is -2.10. The van der Waals surface area contributed by atoms with Crippen molar-refractivity contribution in [3.8, 4) is 0 Å². The second kappa shape index (κ2) is 7.45. The van der Waals surface area contributed by atoms with Crippen molar-refractivity contribution in [3.63, 3.8) is 0 Å². The summed E-state index contributed by atoms with van der Waals surface area (Å²) in [5.41, 5.74) is 5.44. The van der Waals surface area contributed by atoms with Gasteiger partial charge >= 0.3 is 5.97 Å². The average Bonchev–Trinajstić information content (AvgIpc) is 3.00. The van der Waals surface area contributed by atoms with Crippen LogP contribution in [0.3, 0.4) is 0 Å². The molecule has 1 heterocycles. The monoisotopic (exact) mass is 382 g/mol. The SMILES string of the molecule is CS(=O)(=O)c1ccc(C(=O)OCC(=O)Nc2sccc2C(N)=O)cc1. The minimum absolute atomic E-state index is 0.0680. The third-order valence-electron chi connectivity index (χ3n) is 3.04. The fourth-order valence-electron chi connectivity index (χ4n) is 1.82. The molecular weight excluding hydrogens is 368 g/mol. The lowest BCUT2D eigenvalue weighted by Gasteiger charge is -2.07. The number of hydrogen-bond donors (Lipinski definition) is 2. The summed E-state index contributed by atoms with van der Waals surface area (Å²) in [6, 6.07) is 6.60. The molecule has 1 aromatic heterocycles. The van der Waals surface area contributed by atoms with Gasteiger partial charge in [0.1, 0.15) is 5.00 Å². The largest absolute Gasteiger partial charge is 0.452 e. The molecule has 0 saturated carbocycles. The average molecular weight is 382 g/mol.